The third-order valence-corrected chi connectivity index (χ3v) is 10.5. The number of aliphatic carboxylic acids is 1. The second-order valence-electron chi connectivity index (χ2n) is 15.2. The highest BCUT2D eigenvalue weighted by atomic mass is 16.4. The Balaban J connectivity index is 1.33. The van der Waals surface area contributed by atoms with Gasteiger partial charge in [0, 0.05) is 49.2 Å². The number of aliphatic hydroxyl groups is 1. The molecule has 5 rings (SSSR count). The fraction of sp³-hybridized carbons (Fsp3) is 0.415. The molecule has 0 saturated carbocycles. The SMILES string of the molecule is C[C@@H](O)[C@H](NC(=O)[C@H](Cc1c[nH]c2ccccc12)NC(=O)[C@@H](N)Cc1ccc(O)cc1)C(=O)N[C@@H](CCCNC(=N)N)C(=O)N1CCC[C@H]1C(=O)N[C@@H](Cc1c[nH]cn1)C(=O)O. The maximum Gasteiger partial charge on any atom is 0.326 e. The van der Waals surface area contributed by atoms with E-state index in [4.69, 9.17) is 16.9 Å². The number of fused-ring (bicyclic) bond motifs is 1. The molecule has 0 unspecified atom stereocenters. The van der Waals surface area contributed by atoms with Crippen LogP contribution in [0.2, 0.25) is 0 Å². The normalized spacial score (nSPS) is 16.6. The molecule has 4 aromatic rings. The molecule has 3 heterocycles. The zero-order valence-corrected chi connectivity index (χ0v) is 34.1. The summed E-state index contributed by atoms with van der Waals surface area (Å²) in [6, 6.07) is 5.69. The highest BCUT2D eigenvalue weighted by molar-refractivity contribution is 5.97. The Morgan fingerprint density at radius 2 is 1.65 bits per heavy atom. The van der Waals surface area contributed by atoms with Crippen LogP contribution in [0.3, 0.4) is 0 Å². The number of aromatic amines is 2. The van der Waals surface area contributed by atoms with Gasteiger partial charge in [0.15, 0.2) is 5.96 Å². The predicted octanol–water partition coefficient (Wildman–Crippen LogP) is -1.39. The number of carbonyl (C=O) groups excluding carboxylic acids is 5. The minimum absolute atomic E-state index is 0.0226. The van der Waals surface area contributed by atoms with E-state index >= 15 is 0 Å². The van der Waals surface area contributed by atoms with Gasteiger partial charge in [0.2, 0.25) is 29.5 Å². The summed E-state index contributed by atoms with van der Waals surface area (Å²) in [6.45, 7) is 1.53. The molecular weight excluding hydrogens is 805 g/mol. The lowest BCUT2D eigenvalue weighted by atomic mass is 10.0. The molecule has 0 radical (unpaired) electrons. The molecule has 1 saturated heterocycles. The average Bonchev–Trinajstić information content (AvgIpc) is 4.03. The van der Waals surface area contributed by atoms with Crippen LogP contribution in [0, 0.1) is 5.41 Å². The smallest absolute Gasteiger partial charge is 0.326 e. The number of amides is 5. The first-order valence-electron chi connectivity index (χ1n) is 20.2. The quantitative estimate of drug-likeness (QED) is 0.0261. The number of hydrogen-bond donors (Lipinski definition) is 13. The van der Waals surface area contributed by atoms with Crippen molar-refractivity contribution in [3.8, 4) is 5.75 Å². The molecule has 1 aliphatic heterocycles. The van der Waals surface area contributed by atoms with Crippen molar-refractivity contribution in [3.05, 3.63) is 84.1 Å². The van der Waals surface area contributed by atoms with E-state index in [1.54, 1.807) is 18.3 Å². The number of para-hydroxylation sites is 1. The van der Waals surface area contributed by atoms with Crippen LogP contribution in [-0.4, -0.2) is 132 Å². The standard InChI is InChI=1S/C41H54N12O9/c1-22(54)34(52-36(57)31(17-24-19-47-29-7-3-2-6-27(24)29)50-35(56)28(42)16-23-10-12-26(55)13-11-23)38(59)49-30(8-4-14-46-41(43)44)39(60)53-15-5-9-33(53)37(58)51-32(40(61)62)18-25-20-45-21-48-25/h2-3,6-7,10-13,19-22,28,30-34,47,54-55H,4-5,8-9,14-18,42H2,1H3,(H,45,48)(H,49,59)(H,50,56)(H,51,58)(H,52,57)(H,61,62)(H4,43,44,46)/t22-,28+,30+,31+,32+,33+,34+/m1/s1. The number of phenolic OH excluding ortho intramolecular Hbond substituents is 1. The monoisotopic (exact) mass is 858 g/mol. The van der Waals surface area contributed by atoms with E-state index < -0.39 is 77.9 Å². The van der Waals surface area contributed by atoms with Crippen molar-refractivity contribution >= 4 is 52.4 Å². The first-order chi connectivity index (χ1) is 29.6. The summed E-state index contributed by atoms with van der Waals surface area (Å²) in [4.78, 5) is 92.6. The highest BCUT2D eigenvalue weighted by Crippen LogP contribution is 2.22. The van der Waals surface area contributed by atoms with Gasteiger partial charge in [-0.1, -0.05) is 30.3 Å². The van der Waals surface area contributed by atoms with Gasteiger partial charge in [-0.15, -0.1) is 0 Å². The van der Waals surface area contributed by atoms with Crippen molar-refractivity contribution in [2.45, 2.75) is 94.2 Å². The zero-order valence-electron chi connectivity index (χ0n) is 34.1. The van der Waals surface area contributed by atoms with Gasteiger partial charge < -0.3 is 68.2 Å². The van der Waals surface area contributed by atoms with Crippen LogP contribution < -0.4 is 38.1 Å². The van der Waals surface area contributed by atoms with E-state index in [0.29, 0.717) is 23.2 Å². The number of aromatic hydroxyl groups is 1. The first kappa shape index (κ1) is 46.1. The number of carboxylic acids is 1. The predicted molar refractivity (Wildman–Crippen MR) is 225 cm³/mol. The van der Waals surface area contributed by atoms with E-state index in [-0.39, 0.29) is 63.3 Å². The van der Waals surface area contributed by atoms with Crippen molar-refractivity contribution in [2.24, 2.45) is 11.5 Å². The Hall–Kier alpha value is -7.00. The number of benzene rings is 2. The van der Waals surface area contributed by atoms with Gasteiger partial charge in [0.25, 0.3) is 0 Å². The van der Waals surface area contributed by atoms with E-state index in [2.05, 4.69) is 41.5 Å². The fourth-order valence-corrected chi connectivity index (χ4v) is 7.28. The molecule has 15 N–H and O–H groups in total. The number of hydrogen-bond acceptors (Lipinski definition) is 11. The van der Waals surface area contributed by atoms with Crippen LogP contribution >= 0.6 is 0 Å². The van der Waals surface area contributed by atoms with E-state index in [1.807, 2.05) is 24.3 Å². The largest absolute Gasteiger partial charge is 0.508 e. The number of H-pyrrole nitrogens is 2. The number of aliphatic hydroxyl groups excluding tert-OH is 1. The van der Waals surface area contributed by atoms with Gasteiger partial charge >= 0.3 is 5.97 Å². The van der Waals surface area contributed by atoms with Crippen molar-refractivity contribution < 1.29 is 44.1 Å². The molecular formula is C41H54N12O9. The first-order valence-corrected chi connectivity index (χ1v) is 20.2. The van der Waals surface area contributed by atoms with Crippen molar-refractivity contribution in [1.29, 1.82) is 5.41 Å². The number of phenols is 1. The van der Waals surface area contributed by atoms with Gasteiger partial charge in [-0.25, -0.2) is 9.78 Å². The van der Waals surface area contributed by atoms with Gasteiger partial charge in [0.1, 0.15) is 36.0 Å². The molecule has 0 aliphatic carbocycles. The number of likely N-dealkylation sites (tertiary alicyclic amines) is 1. The molecule has 7 atom stereocenters. The van der Waals surface area contributed by atoms with Crippen LogP contribution in [-0.2, 0) is 48.0 Å². The summed E-state index contributed by atoms with van der Waals surface area (Å²) in [5, 5.41) is 51.6. The topological polar surface area (TPSA) is 347 Å². The van der Waals surface area contributed by atoms with E-state index in [1.165, 1.54) is 36.5 Å². The van der Waals surface area contributed by atoms with Crippen LogP contribution in [0.25, 0.3) is 10.9 Å². The van der Waals surface area contributed by atoms with E-state index in [0.717, 1.165) is 10.9 Å². The Morgan fingerprint density at radius 3 is 2.32 bits per heavy atom. The molecule has 21 nitrogen and oxygen atoms in total. The summed E-state index contributed by atoms with van der Waals surface area (Å²) in [7, 11) is 0. The van der Waals surface area contributed by atoms with Crippen LogP contribution in [0.15, 0.2) is 67.3 Å². The van der Waals surface area contributed by atoms with Crippen LogP contribution in [0.4, 0.5) is 0 Å². The lowest BCUT2D eigenvalue weighted by Crippen LogP contribution is -2.61. The third kappa shape index (κ3) is 12.5. The van der Waals surface area contributed by atoms with Crippen LogP contribution in [0.1, 0.15) is 49.4 Å². The summed E-state index contributed by atoms with van der Waals surface area (Å²) >= 11 is 0. The number of imidazole rings is 1. The van der Waals surface area contributed by atoms with Crippen molar-refractivity contribution in [3.63, 3.8) is 0 Å². The molecule has 62 heavy (non-hydrogen) atoms. The maximum absolute atomic E-state index is 14.2. The Bertz CT molecular complexity index is 2190. The minimum atomic E-state index is -1.64. The number of nitrogens with zero attached hydrogens (tertiary/aromatic N) is 2. The molecule has 1 aliphatic rings. The highest BCUT2D eigenvalue weighted by Gasteiger charge is 2.40. The second kappa shape index (κ2) is 21.5. The molecule has 1 fully saturated rings. The molecule has 21 heteroatoms. The zero-order chi connectivity index (χ0) is 44.9. The van der Waals surface area contributed by atoms with Crippen LogP contribution in [0.5, 0.6) is 5.75 Å². The lowest BCUT2D eigenvalue weighted by molar-refractivity contribution is -0.145. The minimum Gasteiger partial charge on any atom is -0.508 e. The third-order valence-electron chi connectivity index (χ3n) is 10.5. The molecule has 0 bridgehead atoms. The molecule has 332 valence electrons. The molecule has 5 amide bonds. The Labute approximate surface area is 356 Å². The Kier molecular flexibility index (Phi) is 16.0. The number of aromatic nitrogens is 3. The summed E-state index contributed by atoms with van der Waals surface area (Å²) in [6.07, 6.45) is 3.78. The summed E-state index contributed by atoms with van der Waals surface area (Å²) in [5.41, 5.74) is 14.2. The lowest BCUT2D eigenvalue weighted by Gasteiger charge is -2.31. The average molecular weight is 859 g/mol. The summed E-state index contributed by atoms with van der Waals surface area (Å²) < 4.78 is 0. The number of guanidine groups is 1. The Morgan fingerprint density at radius 1 is 0.919 bits per heavy atom. The summed E-state index contributed by atoms with van der Waals surface area (Å²) in [5.74, 6) is -5.41. The molecule has 2 aromatic heterocycles. The number of nitrogens with one attached hydrogen (secondary N) is 8. The second-order valence-corrected chi connectivity index (χ2v) is 15.2. The number of rotatable bonds is 21. The fourth-order valence-electron chi connectivity index (χ4n) is 7.28. The van der Waals surface area contributed by atoms with E-state index in [9.17, 15) is 44.1 Å². The van der Waals surface area contributed by atoms with Gasteiger partial charge in [-0.2, -0.15) is 0 Å². The van der Waals surface area contributed by atoms with Crippen molar-refractivity contribution in [1.82, 2.24) is 46.4 Å². The number of carbonyl (C=O) groups is 6. The number of carboxylic acid groups (broad SMARTS) is 1. The van der Waals surface area contributed by atoms with Gasteiger partial charge in [-0.05, 0) is 68.4 Å². The van der Waals surface area contributed by atoms with Gasteiger partial charge in [0.05, 0.1) is 24.2 Å². The van der Waals surface area contributed by atoms with Gasteiger partial charge in [-0.3, -0.25) is 29.4 Å². The van der Waals surface area contributed by atoms with Crippen molar-refractivity contribution in [2.75, 3.05) is 13.1 Å². The molecule has 0 spiro atoms. The molecule has 2 aromatic carbocycles. The number of nitrogens with two attached hydrogens (primary N) is 2. The maximum atomic E-state index is 14.2.